The Bertz CT molecular complexity index is 924. The number of thioether (sulfide) groups is 1. The summed E-state index contributed by atoms with van der Waals surface area (Å²) in [7, 11) is 0. The third-order valence-corrected chi connectivity index (χ3v) is 4.57. The summed E-state index contributed by atoms with van der Waals surface area (Å²) in [4.78, 5) is 21.6. The molecule has 6 nitrogen and oxygen atoms in total. The molecule has 0 saturated carbocycles. The molecule has 2 aromatic heterocycles. The van der Waals surface area contributed by atoms with Crippen molar-refractivity contribution in [2.75, 3.05) is 0 Å². The molecule has 0 radical (unpaired) electrons. The highest BCUT2D eigenvalue weighted by atomic mass is 32.2. The first kappa shape index (κ1) is 16.7. The van der Waals surface area contributed by atoms with E-state index in [2.05, 4.69) is 15.1 Å². The average Bonchev–Trinajstić information content (AvgIpc) is 3.02. The molecule has 2 heterocycles. The maximum absolute atomic E-state index is 12.6. The molecule has 24 heavy (non-hydrogen) atoms. The van der Waals surface area contributed by atoms with Gasteiger partial charge < -0.3 is 4.52 Å². The number of rotatable bonds is 4. The molecule has 0 aliphatic heterocycles. The Hall–Kier alpha value is -2.15. The van der Waals surface area contributed by atoms with Gasteiger partial charge in [-0.2, -0.15) is 4.98 Å². The first-order chi connectivity index (χ1) is 11.4. The highest BCUT2D eigenvalue weighted by Crippen LogP contribution is 2.24. The molecule has 1 aromatic carbocycles. The summed E-state index contributed by atoms with van der Waals surface area (Å²) >= 11 is 1.43. The van der Waals surface area contributed by atoms with Gasteiger partial charge in [0.15, 0.2) is 11.0 Å². The lowest BCUT2D eigenvalue weighted by Gasteiger charge is -2.11. The van der Waals surface area contributed by atoms with Gasteiger partial charge in [0, 0.05) is 12.0 Å². The van der Waals surface area contributed by atoms with Gasteiger partial charge >= 0.3 is 0 Å². The largest absolute Gasteiger partial charge is 0.338 e. The lowest BCUT2D eigenvalue weighted by molar-refractivity contribution is 0.372. The summed E-state index contributed by atoms with van der Waals surface area (Å²) in [6, 6.07) is 7.39. The van der Waals surface area contributed by atoms with Crippen molar-refractivity contribution >= 4 is 22.7 Å². The Morgan fingerprint density at radius 3 is 2.62 bits per heavy atom. The van der Waals surface area contributed by atoms with Crippen LogP contribution in [0.25, 0.3) is 10.9 Å². The zero-order chi connectivity index (χ0) is 17.3. The lowest BCUT2D eigenvalue weighted by Crippen LogP contribution is -2.22. The van der Waals surface area contributed by atoms with Gasteiger partial charge in [-0.25, -0.2) is 4.98 Å². The first-order valence-electron chi connectivity index (χ1n) is 7.85. The van der Waals surface area contributed by atoms with E-state index in [4.69, 9.17) is 4.52 Å². The molecule has 0 aliphatic carbocycles. The van der Waals surface area contributed by atoms with E-state index < -0.39 is 0 Å². The number of hydrogen-bond donors (Lipinski definition) is 0. The summed E-state index contributed by atoms with van der Waals surface area (Å²) in [5.41, 5.74) is 0.529. The molecule has 0 atom stereocenters. The van der Waals surface area contributed by atoms with Crippen molar-refractivity contribution in [2.24, 2.45) is 0 Å². The molecule has 3 aromatic rings. The van der Waals surface area contributed by atoms with Gasteiger partial charge in [0.05, 0.1) is 16.7 Å². The molecule has 7 heteroatoms. The molecule has 3 rings (SSSR count). The zero-order valence-electron chi connectivity index (χ0n) is 14.2. The van der Waals surface area contributed by atoms with Crippen LogP contribution in [0.4, 0.5) is 0 Å². The Labute approximate surface area is 144 Å². The molecule has 0 saturated heterocycles. The van der Waals surface area contributed by atoms with Crippen LogP contribution in [-0.4, -0.2) is 19.7 Å². The van der Waals surface area contributed by atoms with Gasteiger partial charge in [-0.15, -0.1) is 0 Å². The van der Waals surface area contributed by atoms with Gasteiger partial charge in [-0.3, -0.25) is 9.36 Å². The van der Waals surface area contributed by atoms with E-state index in [0.717, 1.165) is 0 Å². The van der Waals surface area contributed by atoms with Gasteiger partial charge in [-0.05, 0) is 19.1 Å². The third kappa shape index (κ3) is 3.21. The van der Waals surface area contributed by atoms with Crippen molar-refractivity contribution in [1.82, 2.24) is 19.7 Å². The monoisotopic (exact) mass is 344 g/mol. The standard InChI is InChI=1S/C17H20N4O2S/c1-5-21-14(22)11-8-6-7-9-12(11)18-16(21)24-10-13-19-15(20-23-13)17(2,3)4/h6-9H,5,10H2,1-4H3. The van der Waals surface area contributed by atoms with Gasteiger partial charge in [0.1, 0.15) is 0 Å². The number of nitrogens with zero attached hydrogens (tertiary/aromatic N) is 4. The number of para-hydroxylation sites is 1. The van der Waals surface area contributed by atoms with Crippen LogP contribution in [0.3, 0.4) is 0 Å². The normalized spacial score (nSPS) is 12.0. The second kappa shape index (κ2) is 6.39. The number of fused-ring (bicyclic) bond motifs is 1. The van der Waals surface area contributed by atoms with Crippen LogP contribution < -0.4 is 5.56 Å². The molecular weight excluding hydrogens is 324 g/mol. The molecule has 0 fully saturated rings. The van der Waals surface area contributed by atoms with Crippen molar-refractivity contribution in [3.63, 3.8) is 0 Å². The number of aromatic nitrogens is 4. The van der Waals surface area contributed by atoms with Crippen molar-refractivity contribution in [1.29, 1.82) is 0 Å². The fraction of sp³-hybridized carbons (Fsp3) is 0.412. The Balaban J connectivity index is 1.90. The SMILES string of the molecule is CCn1c(SCc2nc(C(C)(C)C)no2)nc2ccccc2c1=O. The van der Waals surface area contributed by atoms with E-state index in [0.29, 0.717) is 40.1 Å². The van der Waals surface area contributed by atoms with Crippen LogP contribution in [0, 0.1) is 0 Å². The van der Waals surface area contributed by atoms with Crippen molar-refractivity contribution < 1.29 is 4.52 Å². The molecule has 0 amide bonds. The smallest absolute Gasteiger partial charge is 0.262 e. The number of benzene rings is 1. The van der Waals surface area contributed by atoms with E-state index in [1.807, 2.05) is 45.9 Å². The quantitative estimate of drug-likeness (QED) is 0.533. The molecular formula is C17H20N4O2S. The van der Waals surface area contributed by atoms with Gasteiger partial charge in [0.25, 0.3) is 5.56 Å². The van der Waals surface area contributed by atoms with E-state index in [1.54, 1.807) is 10.6 Å². The van der Waals surface area contributed by atoms with E-state index in [-0.39, 0.29) is 11.0 Å². The van der Waals surface area contributed by atoms with Crippen LogP contribution in [-0.2, 0) is 17.7 Å². The molecule has 0 aliphatic rings. The van der Waals surface area contributed by atoms with Crippen molar-refractivity contribution in [2.45, 2.75) is 50.6 Å². The fourth-order valence-corrected chi connectivity index (χ4v) is 3.18. The number of hydrogen-bond acceptors (Lipinski definition) is 6. The van der Waals surface area contributed by atoms with Crippen LogP contribution in [0.15, 0.2) is 38.7 Å². The highest BCUT2D eigenvalue weighted by Gasteiger charge is 2.21. The second-order valence-electron chi connectivity index (χ2n) is 6.51. The van der Waals surface area contributed by atoms with E-state index in [1.165, 1.54) is 11.8 Å². The van der Waals surface area contributed by atoms with Crippen molar-refractivity contribution in [3.8, 4) is 0 Å². The minimum atomic E-state index is -0.154. The predicted molar refractivity (Wildman–Crippen MR) is 94.2 cm³/mol. The Morgan fingerprint density at radius 1 is 1.21 bits per heavy atom. The molecule has 126 valence electrons. The van der Waals surface area contributed by atoms with Gasteiger partial charge in [-0.1, -0.05) is 49.8 Å². The topological polar surface area (TPSA) is 73.8 Å². The van der Waals surface area contributed by atoms with E-state index >= 15 is 0 Å². The summed E-state index contributed by atoms with van der Waals surface area (Å²) in [5, 5.41) is 5.32. The zero-order valence-corrected chi connectivity index (χ0v) is 15.1. The molecule has 0 bridgehead atoms. The molecule has 0 N–H and O–H groups in total. The van der Waals surface area contributed by atoms with E-state index in [9.17, 15) is 4.79 Å². The Kier molecular flexibility index (Phi) is 4.45. The summed E-state index contributed by atoms with van der Waals surface area (Å²) in [6.07, 6.45) is 0. The minimum absolute atomic E-state index is 0.0218. The minimum Gasteiger partial charge on any atom is -0.338 e. The summed E-state index contributed by atoms with van der Waals surface area (Å²) in [5.74, 6) is 1.70. The predicted octanol–water partition coefficient (Wildman–Crippen LogP) is 3.39. The second-order valence-corrected chi connectivity index (χ2v) is 7.45. The third-order valence-electron chi connectivity index (χ3n) is 3.61. The Morgan fingerprint density at radius 2 is 1.96 bits per heavy atom. The van der Waals surface area contributed by atoms with Crippen LogP contribution in [0.5, 0.6) is 0 Å². The maximum atomic E-state index is 12.6. The molecule has 0 spiro atoms. The maximum Gasteiger partial charge on any atom is 0.262 e. The van der Waals surface area contributed by atoms with Crippen molar-refractivity contribution in [3.05, 3.63) is 46.3 Å². The van der Waals surface area contributed by atoms with Crippen LogP contribution >= 0.6 is 11.8 Å². The first-order valence-corrected chi connectivity index (χ1v) is 8.84. The summed E-state index contributed by atoms with van der Waals surface area (Å²) in [6.45, 7) is 8.61. The summed E-state index contributed by atoms with van der Waals surface area (Å²) < 4.78 is 6.98. The van der Waals surface area contributed by atoms with Crippen LogP contribution in [0.1, 0.15) is 39.4 Å². The fourth-order valence-electron chi connectivity index (χ4n) is 2.28. The van der Waals surface area contributed by atoms with Gasteiger partial charge in [0.2, 0.25) is 5.89 Å². The highest BCUT2D eigenvalue weighted by molar-refractivity contribution is 7.98. The van der Waals surface area contributed by atoms with Crippen LogP contribution in [0.2, 0.25) is 0 Å². The lowest BCUT2D eigenvalue weighted by atomic mass is 9.96. The molecule has 0 unspecified atom stereocenters. The average molecular weight is 344 g/mol.